The molecule has 0 atom stereocenters. The summed E-state index contributed by atoms with van der Waals surface area (Å²) in [7, 11) is 1.32. The number of aryl methyl sites for hydroxylation is 1. The van der Waals surface area contributed by atoms with E-state index in [0.717, 1.165) is 5.56 Å². The van der Waals surface area contributed by atoms with Crippen molar-refractivity contribution in [2.75, 3.05) is 12.8 Å². The van der Waals surface area contributed by atoms with Gasteiger partial charge in [0, 0.05) is 6.20 Å². The highest BCUT2D eigenvalue weighted by molar-refractivity contribution is 5.96. The number of hydrogen-bond acceptors (Lipinski definition) is 4. The molecule has 2 N–H and O–H groups in total. The van der Waals surface area contributed by atoms with Gasteiger partial charge in [-0.05, 0) is 12.5 Å². The Morgan fingerprint density at radius 1 is 1.58 bits per heavy atom. The first kappa shape index (κ1) is 8.52. The number of ether oxygens (including phenoxy) is 1. The minimum atomic E-state index is -0.424. The highest BCUT2D eigenvalue weighted by Gasteiger charge is 2.12. The molecule has 0 aliphatic heterocycles. The van der Waals surface area contributed by atoms with E-state index in [1.807, 2.05) is 0 Å². The van der Waals surface area contributed by atoms with E-state index in [1.54, 1.807) is 13.1 Å². The van der Waals surface area contributed by atoms with Crippen LogP contribution >= 0.6 is 0 Å². The fourth-order valence-electron chi connectivity index (χ4n) is 0.967. The van der Waals surface area contributed by atoms with Crippen LogP contribution in [0.4, 0.5) is 5.69 Å². The van der Waals surface area contributed by atoms with Crippen molar-refractivity contribution in [1.29, 1.82) is 0 Å². The van der Waals surface area contributed by atoms with Gasteiger partial charge in [0.15, 0.2) is 0 Å². The maximum atomic E-state index is 11.1. The number of carbonyl (C=O) groups is 1. The van der Waals surface area contributed by atoms with Crippen LogP contribution in [0.15, 0.2) is 12.4 Å². The average molecular weight is 166 g/mol. The molecular weight excluding hydrogens is 156 g/mol. The van der Waals surface area contributed by atoms with Gasteiger partial charge in [-0.3, -0.25) is 4.98 Å². The monoisotopic (exact) mass is 166 g/mol. The van der Waals surface area contributed by atoms with Gasteiger partial charge in [0.1, 0.15) is 0 Å². The lowest BCUT2D eigenvalue weighted by Crippen LogP contribution is -2.08. The summed E-state index contributed by atoms with van der Waals surface area (Å²) in [4.78, 5) is 15.0. The molecule has 64 valence electrons. The van der Waals surface area contributed by atoms with Crippen LogP contribution in [-0.4, -0.2) is 18.1 Å². The number of nitrogens with two attached hydrogens (primary N) is 1. The first-order chi connectivity index (χ1) is 5.66. The van der Waals surface area contributed by atoms with Crippen LogP contribution in [0.2, 0.25) is 0 Å². The highest BCUT2D eigenvalue weighted by atomic mass is 16.5. The quantitative estimate of drug-likeness (QED) is 0.625. The molecule has 0 amide bonds. The SMILES string of the molecule is COC(=O)c1c(C)cncc1N. The van der Waals surface area contributed by atoms with Crippen LogP contribution in [0.3, 0.4) is 0 Å². The summed E-state index contributed by atoms with van der Waals surface area (Å²) < 4.78 is 4.55. The van der Waals surface area contributed by atoms with Crippen molar-refractivity contribution >= 4 is 11.7 Å². The van der Waals surface area contributed by atoms with Gasteiger partial charge in [0.25, 0.3) is 0 Å². The Bertz CT molecular complexity index is 290. The molecule has 1 aromatic heterocycles. The first-order valence-electron chi connectivity index (χ1n) is 3.45. The summed E-state index contributed by atoms with van der Waals surface area (Å²) >= 11 is 0. The molecule has 0 unspecified atom stereocenters. The number of aromatic nitrogens is 1. The van der Waals surface area contributed by atoms with Gasteiger partial charge < -0.3 is 10.5 Å². The lowest BCUT2D eigenvalue weighted by Gasteiger charge is -2.04. The predicted octanol–water partition coefficient (Wildman–Crippen LogP) is 0.759. The Kier molecular flexibility index (Phi) is 2.28. The maximum absolute atomic E-state index is 11.1. The van der Waals surface area contributed by atoms with Gasteiger partial charge in [-0.1, -0.05) is 0 Å². The smallest absolute Gasteiger partial charge is 0.340 e. The second-order valence-electron chi connectivity index (χ2n) is 2.41. The minimum absolute atomic E-state index is 0.349. The van der Waals surface area contributed by atoms with E-state index in [0.29, 0.717) is 11.3 Å². The number of pyridine rings is 1. The molecule has 0 spiro atoms. The molecule has 0 aromatic carbocycles. The molecule has 1 rings (SSSR count). The number of nitrogens with zero attached hydrogens (tertiary/aromatic N) is 1. The third-order valence-corrected chi connectivity index (χ3v) is 1.55. The van der Waals surface area contributed by atoms with Gasteiger partial charge >= 0.3 is 5.97 Å². The van der Waals surface area contributed by atoms with E-state index >= 15 is 0 Å². The van der Waals surface area contributed by atoms with E-state index in [9.17, 15) is 4.79 Å². The van der Waals surface area contributed by atoms with Crippen molar-refractivity contribution in [2.45, 2.75) is 6.92 Å². The van der Waals surface area contributed by atoms with Crippen molar-refractivity contribution in [1.82, 2.24) is 4.98 Å². The summed E-state index contributed by atoms with van der Waals surface area (Å²) in [6, 6.07) is 0. The van der Waals surface area contributed by atoms with Crippen LogP contribution in [0.5, 0.6) is 0 Å². The van der Waals surface area contributed by atoms with Crippen LogP contribution in [0.25, 0.3) is 0 Å². The summed E-state index contributed by atoms with van der Waals surface area (Å²) in [5.41, 5.74) is 7.00. The summed E-state index contributed by atoms with van der Waals surface area (Å²) in [5.74, 6) is -0.424. The zero-order valence-electron chi connectivity index (χ0n) is 7.00. The van der Waals surface area contributed by atoms with Crippen LogP contribution < -0.4 is 5.73 Å². The fraction of sp³-hybridized carbons (Fsp3) is 0.250. The van der Waals surface area contributed by atoms with Crippen LogP contribution in [-0.2, 0) is 4.74 Å². The third kappa shape index (κ3) is 1.37. The molecule has 0 saturated heterocycles. The average Bonchev–Trinajstić information content (AvgIpc) is 2.03. The summed E-state index contributed by atoms with van der Waals surface area (Å²) in [6.45, 7) is 1.76. The molecule has 0 fully saturated rings. The van der Waals surface area contributed by atoms with Crippen molar-refractivity contribution in [3.63, 3.8) is 0 Å². The number of hydrogen-bond donors (Lipinski definition) is 1. The van der Waals surface area contributed by atoms with E-state index in [-0.39, 0.29) is 0 Å². The predicted molar refractivity (Wildman–Crippen MR) is 44.7 cm³/mol. The molecule has 0 saturated carbocycles. The number of methoxy groups -OCH3 is 1. The lowest BCUT2D eigenvalue weighted by molar-refractivity contribution is 0.0601. The number of anilines is 1. The van der Waals surface area contributed by atoms with Crippen molar-refractivity contribution in [3.8, 4) is 0 Å². The molecule has 0 aliphatic carbocycles. The van der Waals surface area contributed by atoms with Crippen molar-refractivity contribution in [2.24, 2.45) is 0 Å². The van der Waals surface area contributed by atoms with Gasteiger partial charge in [-0.25, -0.2) is 4.79 Å². The zero-order valence-corrected chi connectivity index (χ0v) is 7.00. The summed E-state index contributed by atoms with van der Waals surface area (Å²) in [6.07, 6.45) is 3.00. The van der Waals surface area contributed by atoms with Gasteiger partial charge in [-0.2, -0.15) is 0 Å². The molecule has 0 radical (unpaired) electrons. The maximum Gasteiger partial charge on any atom is 0.340 e. The Morgan fingerprint density at radius 2 is 2.25 bits per heavy atom. The fourth-order valence-corrected chi connectivity index (χ4v) is 0.967. The molecule has 0 aliphatic rings. The number of esters is 1. The van der Waals surface area contributed by atoms with Crippen LogP contribution in [0, 0.1) is 6.92 Å². The topological polar surface area (TPSA) is 65.2 Å². The van der Waals surface area contributed by atoms with Crippen molar-refractivity contribution in [3.05, 3.63) is 23.5 Å². The third-order valence-electron chi connectivity index (χ3n) is 1.55. The summed E-state index contributed by atoms with van der Waals surface area (Å²) in [5, 5.41) is 0. The largest absolute Gasteiger partial charge is 0.465 e. The Balaban J connectivity index is 3.21. The Hall–Kier alpha value is -1.58. The number of rotatable bonds is 1. The number of carbonyl (C=O) groups excluding carboxylic acids is 1. The Labute approximate surface area is 70.4 Å². The molecule has 4 nitrogen and oxygen atoms in total. The second-order valence-corrected chi connectivity index (χ2v) is 2.41. The molecule has 12 heavy (non-hydrogen) atoms. The van der Waals surface area contributed by atoms with Crippen molar-refractivity contribution < 1.29 is 9.53 Å². The second kappa shape index (κ2) is 3.21. The van der Waals surface area contributed by atoms with Gasteiger partial charge in [0.05, 0.1) is 24.6 Å². The normalized spacial score (nSPS) is 9.50. The lowest BCUT2D eigenvalue weighted by atomic mass is 10.1. The van der Waals surface area contributed by atoms with Crippen LogP contribution in [0.1, 0.15) is 15.9 Å². The number of nitrogen functional groups attached to an aromatic ring is 1. The molecule has 1 heterocycles. The zero-order chi connectivity index (χ0) is 9.14. The molecule has 4 heteroatoms. The van der Waals surface area contributed by atoms with E-state index in [4.69, 9.17) is 5.73 Å². The standard InChI is InChI=1S/C8H10N2O2/c1-5-3-10-4-6(9)7(5)8(11)12-2/h3-4H,9H2,1-2H3. The van der Waals surface area contributed by atoms with E-state index in [2.05, 4.69) is 9.72 Å². The highest BCUT2D eigenvalue weighted by Crippen LogP contribution is 2.14. The van der Waals surface area contributed by atoms with E-state index < -0.39 is 5.97 Å². The minimum Gasteiger partial charge on any atom is -0.465 e. The molecule has 1 aromatic rings. The Morgan fingerprint density at radius 3 is 2.75 bits per heavy atom. The first-order valence-corrected chi connectivity index (χ1v) is 3.45. The van der Waals surface area contributed by atoms with Gasteiger partial charge in [0.2, 0.25) is 0 Å². The molecule has 0 bridgehead atoms. The van der Waals surface area contributed by atoms with E-state index in [1.165, 1.54) is 13.3 Å². The molecular formula is C8H10N2O2. The van der Waals surface area contributed by atoms with Gasteiger partial charge in [-0.15, -0.1) is 0 Å².